The number of nitrogens with one attached hydrogen (secondary N) is 2. The first-order valence-corrected chi connectivity index (χ1v) is 7.68. The van der Waals surface area contributed by atoms with Crippen molar-refractivity contribution in [1.29, 1.82) is 5.26 Å². The van der Waals surface area contributed by atoms with Gasteiger partial charge in [0.1, 0.15) is 17.7 Å². The summed E-state index contributed by atoms with van der Waals surface area (Å²) in [6.07, 6.45) is 5.67. The topological polar surface area (TPSA) is 117 Å². The van der Waals surface area contributed by atoms with E-state index >= 15 is 0 Å². The van der Waals surface area contributed by atoms with Crippen LogP contribution in [0.1, 0.15) is 41.9 Å². The number of tetrazole rings is 1. The average Bonchev–Trinajstić information content (AvgIpc) is 3.30. The van der Waals surface area contributed by atoms with Crippen molar-refractivity contribution in [3.8, 4) is 6.07 Å². The standard InChI is InChI=1S/C16H16N6O2/c17-9-12(15-19-21-22-20-15)10-18-13-7-5-11(6-8-13)16(23)24-14-3-1-2-4-14/h5-8,10,14,18H,1-4H2,(H,19,20,21,22). The second-order valence-electron chi connectivity index (χ2n) is 5.44. The van der Waals surface area contributed by atoms with E-state index in [4.69, 9.17) is 10.00 Å². The summed E-state index contributed by atoms with van der Waals surface area (Å²) in [5.74, 6) is -0.0877. The van der Waals surface area contributed by atoms with E-state index in [1.165, 1.54) is 6.20 Å². The number of aromatic nitrogens is 4. The lowest BCUT2D eigenvalue weighted by Crippen LogP contribution is -2.14. The highest BCUT2D eigenvalue weighted by Crippen LogP contribution is 2.22. The number of hydrogen-bond donors (Lipinski definition) is 2. The fraction of sp³-hybridized carbons (Fsp3) is 0.312. The SMILES string of the molecule is N#CC(=CNc1ccc(C(=O)OC2CCCC2)cc1)c1nn[nH]n1. The van der Waals surface area contributed by atoms with E-state index in [-0.39, 0.29) is 23.5 Å². The van der Waals surface area contributed by atoms with Gasteiger partial charge in [0.05, 0.1) is 5.56 Å². The van der Waals surface area contributed by atoms with Gasteiger partial charge >= 0.3 is 5.97 Å². The molecule has 1 aliphatic carbocycles. The van der Waals surface area contributed by atoms with Crippen molar-refractivity contribution in [1.82, 2.24) is 20.6 Å². The summed E-state index contributed by atoms with van der Waals surface area (Å²) in [5, 5.41) is 25.2. The summed E-state index contributed by atoms with van der Waals surface area (Å²) in [5.41, 5.74) is 1.48. The van der Waals surface area contributed by atoms with E-state index in [0.29, 0.717) is 5.56 Å². The maximum atomic E-state index is 12.1. The molecule has 1 heterocycles. The quantitative estimate of drug-likeness (QED) is 0.640. The Morgan fingerprint density at radius 1 is 1.33 bits per heavy atom. The molecule has 0 amide bonds. The molecule has 0 saturated heterocycles. The number of H-pyrrole nitrogens is 1. The highest BCUT2D eigenvalue weighted by atomic mass is 16.5. The molecule has 8 heteroatoms. The predicted molar refractivity (Wildman–Crippen MR) is 85.5 cm³/mol. The molecule has 1 fully saturated rings. The zero-order valence-electron chi connectivity index (χ0n) is 12.9. The van der Waals surface area contributed by atoms with Crippen LogP contribution in [-0.2, 0) is 4.74 Å². The molecule has 2 N–H and O–H groups in total. The largest absolute Gasteiger partial charge is 0.459 e. The number of rotatable bonds is 5. The lowest BCUT2D eigenvalue weighted by molar-refractivity contribution is 0.0318. The van der Waals surface area contributed by atoms with E-state index in [2.05, 4.69) is 25.9 Å². The van der Waals surface area contributed by atoms with Crippen LogP contribution >= 0.6 is 0 Å². The molecule has 8 nitrogen and oxygen atoms in total. The van der Waals surface area contributed by atoms with Crippen LogP contribution in [0.25, 0.3) is 5.57 Å². The molecule has 0 aliphatic heterocycles. The Bertz CT molecular complexity index is 755. The molecule has 3 rings (SSSR count). The lowest BCUT2D eigenvalue weighted by Gasteiger charge is -2.11. The van der Waals surface area contributed by atoms with Gasteiger partial charge in [-0.3, -0.25) is 0 Å². The molecule has 0 radical (unpaired) electrons. The van der Waals surface area contributed by atoms with Crippen LogP contribution in [0, 0.1) is 11.3 Å². The third kappa shape index (κ3) is 3.76. The van der Waals surface area contributed by atoms with Crippen LogP contribution in [0.3, 0.4) is 0 Å². The Morgan fingerprint density at radius 2 is 2.08 bits per heavy atom. The minimum Gasteiger partial charge on any atom is -0.459 e. The zero-order chi connectivity index (χ0) is 16.8. The summed E-state index contributed by atoms with van der Waals surface area (Å²) in [7, 11) is 0. The zero-order valence-corrected chi connectivity index (χ0v) is 12.9. The molecule has 0 bridgehead atoms. The van der Waals surface area contributed by atoms with Gasteiger partial charge in [0.2, 0.25) is 5.82 Å². The Balaban J connectivity index is 1.62. The predicted octanol–water partition coefficient (Wildman–Crippen LogP) is 2.28. The molecular weight excluding hydrogens is 308 g/mol. The lowest BCUT2D eigenvalue weighted by atomic mass is 10.2. The molecule has 0 atom stereocenters. The Morgan fingerprint density at radius 3 is 2.71 bits per heavy atom. The van der Waals surface area contributed by atoms with Crippen molar-refractivity contribution in [2.75, 3.05) is 5.32 Å². The average molecular weight is 324 g/mol. The minimum atomic E-state index is -0.298. The first kappa shape index (κ1) is 15.7. The fourth-order valence-electron chi connectivity index (χ4n) is 2.51. The minimum absolute atomic E-state index is 0.0476. The van der Waals surface area contributed by atoms with Crippen molar-refractivity contribution in [2.45, 2.75) is 31.8 Å². The Kier molecular flexibility index (Phi) is 4.81. The van der Waals surface area contributed by atoms with Crippen LogP contribution < -0.4 is 5.32 Å². The number of ether oxygens (including phenoxy) is 1. The highest BCUT2D eigenvalue weighted by molar-refractivity contribution is 5.90. The number of hydrogen-bond acceptors (Lipinski definition) is 7. The van der Waals surface area contributed by atoms with Crippen LogP contribution in [0.15, 0.2) is 30.5 Å². The Labute approximate surface area is 138 Å². The number of anilines is 1. The van der Waals surface area contributed by atoms with Gasteiger partial charge in [0.25, 0.3) is 0 Å². The molecule has 1 aromatic carbocycles. The summed E-state index contributed by atoms with van der Waals surface area (Å²) >= 11 is 0. The first-order valence-electron chi connectivity index (χ1n) is 7.68. The van der Waals surface area contributed by atoms with Crippen LogP contribution in [-0.4, -0.2) is 32.7 Å². The number of carbonyl (C=O) groups excluding carboxylic acids is 1. The second-order valence-corrected chi connectivity index (χ2v) is 5.44. The molecule has 1 saturated carbocycles. The van der Waals surface area contributed by atoms with Gasteiger partial charge in [-0.1, -0.05) is 0 Å². The van der Waals surface area contributed by atoms with Gasteiger partial charge < -0.3 is 10.1 Å². The number of aromatic amines is 1. The third-order valence-corrected chi connectivity index (χ3v) is 3.79. The van der Waals surface area contributed by atoms with E-state index in [1.807, 2.05) is 6.07 Å². The van der Waals surface area contributed by atoms with Crippen molar-refractivity contribution >= 4 is 17.2 Å². The summed E-state index contributed by atoms with van der Waals surface area (Å²) < 4.78 is 5.46. The van der Waals surface area contributed by atoms with Crippen LogP contribution in [0.5, 0.6) is 0 Å². The first-order chi connectivity index (χ1) is 11.8. The molecule has 2 aromatic rings. The number of benzene rings is 1. The van der Waals surface area contributed by atoms with Gasteiger partial charge in [-0.25, -0.2) is 4.79 Å². The molecule has 1 aromatic heterocycles. The van der Waals surface area contributed by atoms with Crippen molar-refractivity contribution in [3.63, 3.8) is 0 Å². The number of nitrogens with zero attached hydrogens (tertiary/aromatic N) is 4. The smallest absolute Gasteiger partial charge is 0.338 e. The number of allylic oxidation sites excluding steroid dienone is 1. The van der Waals surface area contributed by atoms with E-state index in [9.17, 15) is 4.79 Å². The van der Waals surface area contributed by atoms with Gasteiger partial charge in [0.15, 0.2) is 0 Å². The van der Waals surface area contributed by atoms with Crippen LogP contribution in [0.4, 0.5) is 5.69 Å². The van der Waals surface area contributed by atoms with Crippen molar-refractivity contribution < 1.29 is 9.53 Å². The number of carbonyl (C=O) groups is 1. The molecule has 24 heavy (non-hydrogen) atoms. The molecule has 122 valence electrons. The fourth-order valence-corrected chi connectivity index (χ4v) is 2.51. The van der Waals surface area contributed by atoms with Gasteiger partial charge in [0, 0.05) is 11.9 Å². The van der Waals surface area contributed by atoms with Gasteiger partial charge in [-0.2, -0.15) is 10.5 Å². The van der Waals surface area contributed by atoms with E-state index < -0.39 is 0 Å². The van der Waals surface area contributed by atoms with Gasteiger partial charge in [-0.05, 0) is 55.2 Å². The second kappa shape index (κ2) is 7.37. The van der Waals surface area contributed by atoms with Crippen molar-refractivity contribution in [2.24, 2.45) is 0 Å². The molecule has 0 spiro atoms. The maximum Gasteiger partial charge on any atom is 0.338 e. The summed E-state index contributed by atoms with van der Waals surface area (Å²) in [6, 6.07) is 8.85. The maximum absolute atomic E-state index is 12.1. The normalized spacial score (nSPS) is 15.0. The number of esters is 1. The molecule has 0 unspecified atom stereocenters. The summed E-state index contributed by atoms with van der Waals surface area (Å²) in [4.78, 5) is 12.1. The van der Waals surface area contributed by atoms with E-state index in [0.717, 1.165) is 31.4 Å². The molecular formula is C16H16N6O2. The number of nitriles is 1. The third-order valence-electron chi connectivity index (χ3n) is 3.79. The summed E-state index contributed by atoms with van der Waals surface area (Å²) in [6.45, 7) is 0. The van der Waals surface area contributed by atoms with Crippen LogP contribution in [0.2, 0.25) is 0 Å². The van der Waals surface area contributed by atoms with Gasteiger partial charge in [-0.15, -0.1) is 10.2 Å². The Hall–Kier alpha value is -3.21. The monoisotopic (exact) mass is 324 g/mol. The van der Waals surface area contributed by atoms with Crippen molar-refractivity contribution in [3.05, 3.63) is 41.9 Å². The molecule has 1 aliphatic rings. The highest BCUT2D eigenvalue weighted by Gasteiger charge is 2.19. The van der Waals surface area contributed by atoms with E-state index in [1.54, 1.807) is 24.3 Å².